The summed E-state index contributed by atoms with van der Waals surface area (Å²) in [6, 6.07) is 7.81. The number of rotatable bonds is 4. The minimum Gasteiger partial charge on any atom is -0.492 e. The average molecular weight is 300 g/mol. The Hall–Kier alpha value is -1.23. The molecule has 4 nitrogen and oxygen atoms in total. The second-order valence-corrected chi connectivity index (χ2v) is 4.44. The first-order chi connectivity index (χ1) is 8.17. The van der Waals surface area contributed by atoms with Crippen molar-refractivity contribution in [2.24, 2.45) is 4.99 Å². The summed E-state index contributed by atoms with van der Waals surface area (Å²) in [7, 11) is 5.59. The fourth-order valence-corrected chi connectivity index (χ4v) is 1.67. The molecular formula is C12H18BrN3O. The highest BCUT2D eigenvalue weighted by atomic mass is 79.9. The van der Waals surface area contributed by atoms with Crippen LogP contribution in [0.3, 0.4) is 0 Å². The van der Waals surface area contributed by atoms with Gasteiger partial charge in [-0.2, -0.15) is 0 Å². The Labute approximate surface area is 111 Å². The number of nitrogens with one attached hydrogen (secondary N) is 1. The van der Waals surface area contributed by atoms with Gasteiger partial charge in [-0.25, -0.2) is 0 Å². The van der Waals surface area contributed by atoms with Gasteiger partial charge in [-0.15, -0.1) is 0 Å². The van der Waals surface area contributed by atoms with Crippen LogP contribution in [0.4, 0.5) is 0 Å². The van der Waals surface area contributed by atoms with E-state index in [4.69, 9.17) is 4.74 Å². The van der Waals surface area contributed by atoms with Crippen LogP contribution in [0.2, 0.25) is 0 Å². The van der Waals surface area contributed by atoms with E-state index in [1.807, 2.05) is 43.3 Å². The maximum absolute atomic E-state index is 5.63. The average Bonchev–Trinajstić information content (AvgIpc) is 2.33. The Bertz CT molecular complexity index is 365. The number of likely N-dealkylation sites (N-methyl/N-ethyl adjacent to an activating group) is 1. The van der Waals surface area contributed by atoms with Gasteiger partial charge in [0.2, 0.25) is 0 Å². The summed E-state index contributed by atoms with van der Waals surface area (Å²) >= 11 is 3.39. The Morgan fingerprint density at radius 1 is 1.41 bits per heavy atom. The number of guanidine groups is 1. The second-order valence-electron chi connectivity index (χ2n) is 3.52. The molecule has 0 radical (unpaired) electrons. The molecule has 1 N–H and O–H groups in total. The van der Waals surface area contributed by atoms with Crippen LogP contribution in [0.15, 0.2) is 33.7 Å². The van der Waals surface area contributed by atoms with E-state index < -0.39 is 0 Å². The zero-order chi connectivity index (χ0) is 12.7. The number of aliphatic imine (C=N–C) groups is 1. The molecule has 1 aromatic rings. The van der Waals surface area contributed by atoms with Crippen LogP contribution in [0, 0.1) is 0 Å². The van der Waals surface area contributed by atoms with Gasteiger partial charge < -0.3 is 15.0 Å². The van der Waals surface area contributed by atoms with Crippen molar-refractivity contribution in [3.05, 3.63) is 28.7 Å². The van der Waals surface area contributed by atoms with Crippen molar-refractivity contribution >= 4 is 21.9 Å². The Morgan fingerprint density at radius 3 is 2.59 bits per heavy atom. The quantitative estimate of drug-likeness (QED) is 0.682. The summed E-state index contributed by atoms with van der Waals surface area (Å²) in [5.41, 5.74) is 0. The molecule has 1 rings (SSSR count). The molecule has 0 atom stereocenters. The molecule has 0 spiro atoms. The zero-order valence-corrected chi connectivity index (χ0v) is 12.0. The summed E-state index contributed by atoms with van der Waals surface area (Å²) in [4.78, 5) is 6.13. The van der Waals surface area contributed by atoms with E-state index in [1.165, 1.54) is 0 Å². The van der Waals surface area contributed by atoms with Crippen LogP contribution in [0.5, 0.6) is 5.75 Å². The van der Waals surface area contributed by atoms with Crippen molar-refractivity contribution in [3.8, 4) is 5.75 Å². The molecule has 94 valence electrons. The summed E-state index contributed by atoms with van der Waals surface area (Å²) in [5.74, 6) is 1.73. The Balaban J connectivity index is 2.35. The SMILES string of the molecule is CN=C(NC)N(C)CCOc1ccc(Br)cc1. The molecule has 0 unspecified atom stereocenters. The third kappa shape index (κ3) is 4.65. The minimum atomic E-state index is 0.624. The molecule has 0 aliphatic rings. The largest absolute Gasteiger partial charge is 0.492 e. The minimum absolute atomic E-state index is 0.624. The maximum atomic E-state index is 5.63. The first kappa shape index (κ1) is 13.8. The molecule has 0 saturated heterocycles. The first-order valence-corrected chi connectivity index (χ1v) is 6.20. The predicted molar refractivity (Wildman–Crippen MR) is 74.7 cm³/mol. The highest BCUT2D eigenvalue weighted by Gasteiger charge is 2.02. The number of hydrogen-bond acceptors (Lipinski definition) is 2. The van der Waals surface area contributed by atoms with Crippen molar-refractivity contribution in [2.45, 2.75) is 0 Å². The molecule has 0 bridgehead atoms. The van der Waals surface area contributed by atoms with E-state index in [9.17, 15) is 0 Å². The summed E-state index contributed by atoms with van der Waals surface area (Å²) in [6.07, 6.45) is 0. The summed E-state index contributed by atoms with van der Waals surface area (Å²) in [6.45, 7) is 1.41. The Kier molecular flexibility index (Phi) is 5.83. The monoisotopic (exact) mass is 299 g/mol. The number of hydrogen-bond donors (Lipinski definition) is 1. The zero-order valence-electron chi connectivity index (χ0n) is 10.4. The molecule has 1 aromatic carbocycles. The maximum Gasteiger partial charge on any atom is 0.193 e. The molecule has 0 amide bonds. The van der Waals surface area contributed by atoms with E-state index in [2.05, 4.69) is 26.2 Å². The Morgan fingerprint density at radius 2 is 2.06 bits per heavy atom. The van der Waals surface area contributed by atoms with E-state index >= 15 is 0 Å². The van der Waals surface area contributed by atoms with Crippen LogP contribution in [0.1, 0.15) is 0 Å². The lowest BCUT2D eigenvalue weighted by Gasteiger charge is -2.20. The molecule has 0 aliphatic carbocycles. The third-order valence-corrected chi connectivity index (χ3v) is 2.83. The summed E-state index contributed by atoms with van der Waals surface area (Å²) < 4.78 is 6.68. The lowest BCUT2D eigenvalue weighted by atomic mass is 10.3. The van der Waals surface area contributed by atoms with Gasteiger partial charge in [0.05, 0.1) is 6.54 Å². The van der Waals surface area contributed by atoms with Gasteiger partial charge in [-0.3, -0.25) is 4.99 Å². The van der Waals surface area contributed by atoms with Crippen molar-refractivity contribution in [3.63, 3.8) is 0 Å². The highest BCUT2D eigenvalue weighted by Crippen LogP contribution is 2.15. The van der Waals surface area contributed by atoms with Gasteiger partial charge in [0.15, 0.2) is 5.96 Å². The molecule has 0 aromatic heterocycles. The highest BCUT2D eigenvalue weighted by molar-refractivity contribution is 9.10. The van der Waals surface area contributed by atoms with Crippen molar-refractivity contribution in [1.29, 1.82) is 0 Å². The van der Waals surface area contributed by atoms with Crippen LogP contribution in [-0.4, -0.2) is 45.2 Å². The van der Waals surface area contributed by atoms with Gasteiger partial charge in [0.1, 0.15) is 12.4 Å². The van der Waals surface area contributed by atoms with E-state index in [-0.39, 0.29) is 0 Å². The standard InChI is InChI=1S/C12H18BrN3O/c1-14-12(15-2)16(3)8-9-17-11-6-4-10(13)5-7-11/h4-7H,8-9H2,1-3H3,(H,14,15). The second kappa shape index (κ2) is 7.17. The van der Waals surface area contributed by atoms with Crippen molar-refractivity contribution < 1.29 is 4.74 Å². The molecule has 0 saturated carbocycles. The first-order valence-electron chi connectivity index (χ1n) is 5.41. The van der Waals surface area contributed by atoms with Crippen LogP contribution < -0.4 is 10.1 Å². The molecular weight excluding hydrogens is 282 g/mol. The molecule has 0 heterocycles. The molecule has 17 heavy (non-hydrogen) atoms. The normalized spacial score (nSPS) is 11.2. The van der Waals surface area contributed by atoms with E-state index in [0.29, 0.717) is 6.61 Å². The predicted octanol–water partition coefficient (Wildman–Crippen LogP) is 1.96. The molecule has 5 heteroatoms. The topological polar surface area (TPSA) is 36.9 Å². The number of nitrogens with zero attached hydrogens (tertiary/aromatic N) is 2. The number of ether oxygens (including phenoxy) is 1. The van der Waals surface area contributed by atoms with Gasteiger partial charge in [-0.05, 0) is 24.3 Å². The lowest BCUT2D eigenvalue weighted by molar-refractivity contribution is 0.282. The summed E-state index contributed by atoms with van der Waals surface area (Å²) in [5, 5.41) is 3.02. The van der Waals surface area contributed by atoms with Gasteiger partial charge >= 0.3 is 0 Å². The lowest BCUT2D eigenvalue weighted by Crippen LogP contribution is -2.38. The smallest absolute Gasteiger partial charge is 0.193 e. The number of halogens is 1. The fourth-order valence-electron chi connectivity index (χ4n) is 1.41. The van der Waals surface area contributed by atoms with Crippen LogP contribution >= 0.6 is 15.9 Å². The van der Waals surface area contributed by atoms with Gasteiger partial charge in [-0.1, -0.05) is 15.9 Å². The molecule has 0 fully saturated rings. The van der Waals surface area contributed by atoms with E-state index in [0.717, 1.165) is 22.7 Å². The van der Waals surface area contributed by atoms with Crippen molar-refractivity contribution in [1.82, 2.24) is 10.2 Å². The van der Waals surface area contributed by atoms with Crippen LogP contribution in [0.25, 0.3) is 0 Å². The van der Waals surface area contributed by atoms with Crippen molar-refractivity contribution in [2.75, 3.05) is 34.3 Å². The third-order valence-electron chi connectivity index (χ3n) is 2.31. The number of benzene rings is 1. The van der Waals surface area contributed by atoms with Gasteiger partial charge in [0, 0.05) is 25.6 Å². The van der Waals surface area contributed by atoms with Gasteiger partial charge in [0.25, 0.3) is 0 Å². The van der Waals surface area contributed by atoms with Crippen LogP contribution in [-0.2, 0) is 0 Å². The molecule has 0 aliphatic heterocycles. The fraction of sp³-hybridized carbons (Fsp3) is 0.417. The van der Waals surface area contributed by atoms with E-state index in [1.54, 1.807) is 7.05 Å².